The number of para-hydroxylation sites is 2. The van der Waals surface area contributed by atoms with Gasteiger partial charge in [0.1, 0.15) is 0 Å². The molecule has 0 aliphatic carbocycles. The summed E-state index contributed by atoms with van der Waals surface area (Å²) < 4.78 is 5.32. The molecular weight excluding hydrogens is 314 g/mol. The van der Waals surface area contributed by atoms with Crippen molar-refractivity contribution in [3.05, 3.63) is 70.4 Å². The Balaban J connectivity index is 2.04. The van der Waals surface area contributed by atoms with Gasteiger partial charge in [-0.25, -0.2) is 4.79 Å². The molecule has 2 aromatic heterocycles. The number of carbonyl (C=O) groups excluding carboxylic acids is 1. The second-order valence-corrected chi connectivity index (χ2v) is 6.21. The van der Waals surface area contributed by atoms with Crippen LogP contribution in [0.2, 0.25) is 0 Å². The lowest BCUT2D eigenvalue weighted by Crippen LogP contribution is -2.26. The van der Waals surface area contributed by atoms with E-state index in [2.05, 4.69) is 11.1 Å². The first-order valence-corrected chi connectivity index (χ1v) is 8.48. The Bertz CT molecular complexity index is 1020. The molecule has 1 aromatic carbocycles. The first kappa shape index (κ1) is 17.0. The van der Waals surface area contributed by atoms with E-state index in [1.165, 1.54) is 0 Å². The first-order valence-electron chi connectivity index (χ1n) is 8.48. The zero-order chi connectivity index (χ0) is 18.1. The number of ketones is 1. The molecule has 2 heterocycles. The smallest absolute Gasteiger partial charge is 0.329 e. The zero-order valence-electron chi connectivity index (χ0n) is 15.0. The van der Waals surface area contributed by atoms with Crippen LogP contribution in [0.5, 0.6) is 0 Å². The van der Waals surface area contributed by atoms with E-state index in [1.807, 2.05) is 57.2 Å². The molecule has 5 heteroatoms. The van der Waals surface area contributed by atoms with E-state index >= 15 is 0 Å². The summed E-state index contributed by atoms with van der Waals surface area (Å²) in [5, 5.41) is 0. The third-order valence-electron chi connectivity index (χ3n) is 4.73. The molecule has 0 aliphatic rings. The van der Waals surface area contributed by atoms with E-state index < -0.39 is 0 Å². The number of Topliss-reactive ketones (excluding diaryl/α,β-unsaturated/α-hetero) is 1. The molecule has 0 atom stereocenters. The molecule has 0 aliphatic heterocycles. The fourth-order valence-corrected chi connectivity index (χ4v) is 3.45. The zero-order valence-corrected chi connectivity index (χ0v) is 15.0. The van der Waals surface area contributed by atoms with E-state index in [1.54, 1.807) is 9.13 Å². The van der Waals surface area contributed by atoms with Gasteiger partial charge in [-0.15, -0.1) is 6.58 Å². The number of benzene rings is 1. The van der Waals surface area contributed by atoms with Crippen molar-refractivity contribution in [1.29, 1.82) is 0 Å². The number of hydrogen-bond donors (Lipinski definition) is 0. The molecule has 0 saturated carbocycles. The van der Waals surface area contributed by atoms with Crippen molar-refractivity contribution in [2.75, 3.05) is 0 Å². The summed E-state index contributed by atoms with van der Waals surface area (Å²) >= 11 is 0. The Morgan fingerprint density at radius 2 is 1.76 bits per heavy atom. The molecule has 0 saturated heterocycles. The van der Waals surface area contributed by atoms with Gasteiger partial charge < -0.3 is 4.57 Å². The van der Waals surface area contributed by atoms with Gasteiger partial charge in [-0.1, -0.05) is 18.2 Å². The topological polar surface area (TPSA) is 48.9 Å². The highest BCUT2D eigenvalue weighted by Crippen LogP contribution is 2.18. The summed E-state index contributed by atoms with van der Waals surface area (Å²) in [5.41, 5.74) is 4.11. The Morgan fingerprint density at radius 1 is 1.12 bits per heavy atom. The van der Waals surface area contributed by atoms with Gasteiger partial charge in [0.15, 0.2) is 5.78 Å². The minimum atomic E-state index is -0.142. The van der Waals surface area contributed by atoms with Crippen LogP contribution in [-0.4, -0.2) is 19.5 Å². The molecule has 130 valence electrons. The summed E-state index contributed by atoms with van der Waals surface area (Å²) in [5.74, 6) is -0.0514. The molecular formula is C20H23N3O2. The van der Waals surface area contributed by atoms with Crippen molar-refractivity contribution in [2.45, 2.75) is 40.4 Å². The van der Waals surface area contributed by atoms with Crippen LogP contribution in [0.25, 0.3) is 11.0 Å². The van der Waals surface area contributed by atoms with Crippen molar-refractivity contribution in [3.63, 3.8) is 0 Å². The maximum absolute atomic E-state index is 12.9. The number of rotatable bonds is 6. The Kier molecular flexibility index (Phi) is 4.49. The average molecular weight is 337 g/mol. The molecule has 0 unspecified atom stereocenters. The average Bonchev–Trinajstić information content (AvgIpc) is 3.03. The van der Waals surface area contributed by atoms with Crippen molar-refractivity contribution in [2.24, 2.45) is 0 Å². The maximum atomic E-state index is 12.9. The molecule has 0 bridgehead atoms. The highest BCUT2D eigenvalue weighted by atomic mass is 16.2. The lowest BCUT2D eigenvalue weighted by atomic mass is 10.1. The Labute approximate surface area is 146 Å². The number of aromatic nitrogens is 3. The number of fused-ring (bicyclic) bond motifs is 1. The fourth-order valence-electron chi connectivity index (χ4n) is 3.45. The van der Waals surface area contributed by atoms with Crippen LogP contribution < -0.4 is 5.69 Å². The summed E-state index contributed by atoms with van der Waals surface area (Å²) in [6.45, 7) is 10.9. The molecule has 0 radical (unpaired) electrons. The number of imidazole rings is 1. The largest absolute Gasteiger partial charge is 0.345 e. The van der Waals surface area contributed by atoms with Gasteiger partial charge >= 0.3 is 5.69 Å². The lowest BCUT2D eigenvalue weighted by molar-refractivity contribution is 0.0971. The van der Waals surface area contributed by atoms with Crippen molar-refractivity contribution in [3.8, 4) is 0 Å². The van der Waals surface area contributed by atoms with Crippen molar-refractivity contribution >= 4 is 16.8 Å². The van der Waals surface area contributed by atoms with E-state index in [9.17, 15) is 9.59 Å². The number of allylic oxidation sites excluding steroid dienone is 1. The minimum absolute atomic E-state index is 0.0464. The summed E-state index contributed by atoms with van der Waals surface area (Å²) in [6.07, 6.45) is 1.81. The number of hydrogen-bond acceptors (Lipinski definition) is 2. The second-order valence-electron chi connectivity index (χ2n) is 6.21. The van der Waals surface area contributed by atoms with Crippen LogP contribution in [0, 0.1) is 13.8 Å². The highest BCUT2D eigenvalue weighted by molar-refractivity contribution is 5.98. The summed E-state index contributed by atoms with van der Waals surface area (Å²) in [7, 11) is 0. The number of aryl methyl sites for hydroxylation is 2. The van der Waals surface area contributed by atoms with Crippen LogP contribution in [0.15, 0.2) is 47.8 Å². The van der Waals surface area contributed by atoms with Crippen molar-refractivity contribution < 1.29 is 4.79 Å². The summed E-state index contributed by atoms with van der Waals surface area (Å²) in [6, 6.07) is 9.49. The molecule has 5 nitrogen and oxygen atoms in total. The van der Waals surface area contributed by atoms with E-state index in [0.717, 1.165) is 22.4 Å². The minimum Gasteiger partial charge on any atom is -0.345 e. The van der Waals surface area contributed by atoms with Gasteiger partial charge in [-0.2, -0.15) is 0 Å². The van der Waals surface area contributed by atoms with E-state index in [-0.39, 0.29) is 18.0 Å². The van der Waals surface area contributed by atoms with Crippen LogP contribution in [-0.2, 0) is 19.6 Å². The standard InChI is InChI=1S/C20H23N3O2/c1-5-11-22-14(3)12-16(15(22)4)19(24)13-23-18-10-8-7-9-17(18)21(6-2)20(23)25/h5,7-10,12H,1,6,11,13H2,2-4H3. The maximum Gasteiger partial charge on any atom is 0.329 e. The SMILES string of the molecule is C=CCn1c(C)cc(C(=O)Cn2c(=O)n(CC)c3ccccc32)c1C. The summed E-state index contributed by atoms with van der Waals surface area (Å²) in [4.78, 5) is 25.6. The second kappa shape index (κ2) is 6.59. The molecule has 3 rings (SSSR count). The van der Waals surface area contributed by atoms with Gasteiger partial charge in [0.2, 0.25) is 0 Å². The van der Waals surface area contributed by atoms with Gasteiger partial charge in [0, 0.05) is 30.0 Å². The number of nitrogens with zero attached hydrogens (tertiary/aromatic N) is 3. The van der Waals surface area contributed by atoms with Gasteiger partial charge in [0.25, 0.3) is 0 Å². The number of carbonyl (C=O) groups is 1. The Morgan fingerprint density at radius 3 is 2.36 bits per heavy atom. The van der Waals surface area contributed by atoms with Gasteiger partial charge in [-0.05, 0) is 39.0 Å². The fraction of sp³-hybridized carbons (Fsp3) is 0.300. The van der Waals surface area contributed by atoms with E-state index in [0.29, 0.717) is 18.7 Å². The molecule has 0 amide bonds. The van der Waals surface area contributed by atoms with Crippen molar-refractivity contribution in [1.82, 2.24) is 13.7 Å². The van der Waals surface area contributed by atoms with Crippen LogP contribution >= 0.6 is 0 Å². The van der Waals surface area contributed by atoms with Gasteiger partial charge in [-0.3, -0.25) is 13.9 Å². The molecule has 25 heavy (non-hydrogen) atoms. The first-order chi connectivity index (χ1) is 12.0. The lowest BCUT2D eigenvalue weighted by Gasteiger charge is -2.07. The molecule has 3 aromatic rings. The predicted octanol–water partition coefficient (Wildman–Crippen LogP) is 3.31. The van der Waals surface area contributed by atoms with E-state index in [4.69, 9.17) is 0 Å². The predicted molar refractivity (Wildman–Crippen MR) is 100 cm³/mol. The monoisotopic (exact) mass is 337 g/mol. The van der Waals surface area contributed by atoms with Crippen LogP contribution in [0.1, 0.15) is 28.7 Å². The molecule has 0 fully saturated rings. The highest BCUT2D eigenvalue weighted by Gasteiger charge is 2.19. The van der Waals surface area contributed by atoms with Gasteiger partial charge in [0.05, 0.1) is 17.6 Å². The molecule has 0 spiro atoms. The van der Waals surface area contributed by atoms with Crippen LogP contribution in [0.4, 0.5) is 0 Å². The normalized spacial score (nSPS) is 11.2. The Hall–Kier alpha value is -2.82. The third-order valence-corrected chi connectivity index (χ3v) is 4.73. The molecule has 0 N–H and O–H groups in total. The van der Waals surface area contributed by atoms with Crippen LogP contribution in [0.3, 0.4) is 0 Å². The quantitative estimate of drug-likeness (QED) is 0.512. The third kappa shape index (κ3) is 2.76.